The summed E-state index contributed by atoms with van der Waals surface area (Å²) >= 11 is 0. The van der Waals surface area contributed by atoms with E-state index >= 15 is 0 Å². The summed E-state index contributed by atoms with van der Waals surface area (Å²) in [6.07, 6.45) is 2.14. The molecule has 0 aliphatic heterocycles. The molecule has 2 atom stereocenters. The number of benzene rings is 1. The van der Waals surface area contributed by atoms with Gasteiger partial charge in [0.1, 0.15) is 5.69 Å². The molecule has 0 aliphatic carbocycles. The summed E-state index contributed by atoms with van der Waals surface area (Å²) in [6.45, 7) is 3.62. The monoisotopic (exact) mass is 280 g/mol. The third-order valence-corrected chi connectivity index (χ3v) is 3.20. The van der Waals surface area contributed by atoms with Gasteiger partial charge in [-0.25, -0.2) is 0 Å². The van der Waals surface area contributed by atoms with Crippen molar-refractivity contribution in [2.24, 2.45) is 5.92 Å². The summed E-state index contributed by atoms with van der Waals surface area (Å²) in [7, 11) is 0. The molecule has 0 heterocycles. The Kier molecular flexibility index (Phi) is 5.96. The van der Waals surface area contributed by atoms with Crippen LogP contribution in [0.5, 0.6) is 0 Å². The van der Waals surface area contributed by atoms with Gasteiger partial charge in [0, 0.05) is 12.1 Å². The van der Waals surface area contributed by atoms with Gasteiger partial charge in [-0.1, -0.05) is 25.5 Å². The summed E-state index contributed by atoms with van der Waals surface area (Å²) < 4.78 is 0. The highest BCUT2D eigenvalue weighted by Gasteiger charge is 2.15. The van der Waals surface area contributed by atoms with Gasteiger partial charge in [-0.15, -0.1) is 0 Å². The van der Waals surface area contributed by atoms with Gasteiger partial charge >= 0.3 is 5.97 Å². The first kappa shape index (κ1) is 15.9. The number of nitro groups is 1. The van der Waals surface area contributed by atoms with Gasteiger partial charge in [-0.2, -0.15) is 0 Å². The summed E-state index contributed by atoms with van der Waals surface area (Å²) in [5.74, 6) is -1.14. The van der Waals surface area contributed by atoms with Gasteiger partial charge in [0.25, 0.3) is 5.69 Å². The van der Waals surface area contributed by atoms with E-state index in [-0.39, 0.29) is 17.6 Å². The molecule has 0 bridgehead atoms. The molecule has 1 aromatic rings. The average molecular weight is 280 g/mol. The highest BCUT2D eigenvalue weighted by Crippen LogP contribution is 2.24. The minimum Gasteiger partial charge on any atom is -0.481 e. The molecule has 0 aromatic heterocycles. The fraction of sp³-hybridized carbons (Fsp3) is 0.500. The normalized spacial score (nSPS) is 13.5. The number of hydrogen-bond donors (Lipinski definition) is 2. The Morgan fingerprint density at radius 2 is 2.00 bits per heavy atom. The third kappa shape index (κ3) is 4.87. The van der Waals surface area contributed by atoms with Crippen molar-refractivity contribution in [1.82, 2.24) is 0 Å². The maximum Gasteiger partial charge on any atom is 0.306 e. The SMILES string of the molecule is CC(CCCC(C)C(=O)O)Nc1ccccc1[N+](=O)[O-]. The smallest absolute Gasteiger partial charge is 0.306 e. The van der Waals surface area contributed by atoms with Crippen molar-refractivity contribution in [2.75, 3.05) is 5.32 Å². The first-order valence-electron chi connectivity index (χ1n) is 6.64. The van der Waals surface area contributed by atoms with Crippen LogP contribution in [-0.4, -0.2) is 22.0 Å². The number of anilines is 1. The predicted octanol–water partition coefficient (Wildman–Crippen LogP) is 3.29. The van der Waals surface area contributed by atoms with Crippen molar-refractivity contribution in [1.29, 1.82) is 0 Å². The van der Waals surface area contributed by atoms with E-state index in [2.05, 4.69) is 5.32 Å². The molecule has 2 N–H and O–H groups in total. The zero-order valence-corrected chi connectivity index (χ0v) is 11.7. The van der Waals surface area contributed by atoms with E-state index in [1.54, 1.807) is 25.1 Å². The van der Waals surface area contributed by atoms with Gasteiger partial charge in [-0.3, -0.25) is 14.9 Å². The number of carboxylic acid groups (broad SMARTS) is 1. The molecule has 2 unspecified atom stereocenters. The van der Waals surface area contributed by atoms with Crippen molar-refractivity contribution < 1.29 is 14.8 Å². The topological polar surface area (TPSA) is 92.5 Å². The highest BCUT2D eigenvalue weighted by atomic mass is 16.6. The lowest BCUT2D eigenvalue weighted by molar-refractivity contribution is -0.384. The molecule has 0 saturated carbocycles. The summed E-state index contributed by atoms with van der Waals surface area (Å²) in [5.41, 5.74) is 0.550. The van der Waals surface area contributed by atoms with Crippen molar-refractivity contribution >= 4 is 17.3 Å². The minimum atomic E-state index is -0.788. The molecule has 0 radical (unpaired) electrons. The molecule has 6 nitrogen and oxygen atoms in total. The molecule has 20 heavy (non-hydrogen) atoms. The van der Waals surface area contributed by atoms with Crippen molar-refractivity contribution in [3.05, 3.63) is 34.4 Å². The number of nitro benzene ring substituents is 1. The highest BCUT2D eigenvalue weighted by molar-refractivity contribution is 5.69. The van der Waals surface area contributed by atoms with Crippen LogP contribution in [0.15, 0.2) is 24.3 Å². The van der Waals surface area contributed by atoms with E-state index in [1.165, 1.54) is 6.07 Å². The van der Waals surface area contributed by atoms with Gasteiger partial charge in [0.2, 0.25) is 0 Å². The van der Waals surface area contributed by atoms with Crippen LogP contribution in [-0.2, 0) is 4.79 Å². The Bertz CT molecular complexity index is 476. The predicted molar refractivity (Wildman–Crippen MR) is 76.8 cm³/mol. The standard InChI is InChI=1S/C14H20N2O4/c1-10(14(17)18)6-5-7-11(2)15-12-8-3-4-9-13(12)16(19)20/h3-4,8-11,15H,5-7H2,1-2H3,(H,17,18). The van der Waals surface area contributed by atoms with Crippen molar-refractivity contribution in [2.45, 2.75) is 39.2 Å². The van der Waals surface area contributed by atoms with Gasteiger partial charge in [0.15, 0.2) is 0 Å². The van der Waals surface area contributed by atoms with Gasteiger partial charge in [0.05, 0.1) is 10.8 Å². The number of nitrogens with one attached hydrogen (secondary N) is 1. The summed E-state index contributed by atoms with van der Waals surface area (Å²) in [5, 5.41) is 22.8. The van der Waals surface area contributed by atoms with Crippen LogP contribution in [0.25, 0.3) is 0 Å². The maximum absolute atomic E-state index is 10.9. The second-order valence-corrected chi connectivity index (χ2v) is 4.99. The van der Waals surface area contributed by atoms with E-state index in [4.69, 9.17) is 5.11 Å². The molecule has 0 spiro atoms. The maximum atomic E-state index is 10.9. The van der Waals surface area contributed by atoms with Crippen LogP contribution in [0.4, 0.5) is 11.4 Å². The zero-order chi connectivity index (χ0) is 15.1. The summed E-state index contributed by atoms with van der Waals surface area (Å²) in [6, 6.07) is 6.56. The minimum absolute atomic E-state index is 0.0529. The number of carbonyl (C=O) groups is 1. The first-order chi connectivity index (χ1) is 9.41. The van der Waals surface area contributed by atoms with Crippen molar-refractivity contribution in [3.8, 4) is 0 Å². The third-order valence-electron chi connectivity index (χ3n) is 3.20. The van der Waals surface area contributed by atoms with Crippen LogP contribution in [0.3, 0.4) is 0 Å². The molecule has 0 amide bonds. The van der Waals surface area contributed by atoms with E-state index in [0.29, 0.717) is 12.1 Å². The van der Waals surface area contributed by atoms with Crippen LogP contribution in [0, 0.1) is 16.0 Å². The quantitative estimate of drug-likeness (QED) is 0.563. The number of nitrogens with zero attached hydrogens (tertiary/aromatic N) is 1. The Morgan fingerprint density at radius 3 is 2.60 bits per heavy atom. The molecule has 110 valence electrons. The Labute approximate surface area is 118 Å². The molecule has 0 aliphatic rings. The Balaban J connectivity index is 2.49. The number of carboxylic acids is 1. The molecular weight excluding hydrogens is 260 g/mol. The molecule has 6 heteroatoms. The van der Waals surface area contributed by atoms with Crippen LogP contribution in [0.2, 0.25) is 0 Å². The fourth-order valence-electron chi connectivity index (χ4n) is 1.95. The molecule has 1 aromatic carbocycles. The van der Waals surface area contributed by atoms with Crippen LogP contribution >= 0.6 is 0 Å². The fourth-order valence-corrected chi connectivity index (χ4v) is 1.95. The second-order valence-electron chi connectivity index (χ2n) is 4.99. The van der Waals surface area contributed by atoms with Crippen LogP contribution < -0.4 is 5.32 Å². The van der Waals surface area contributed by atoms with Crippen LogP contribution in [0.1, 0.15) is 33.1 Å². The van der Waals surface area contributed by atoms with Gasteiger partial charge in [-0.05, 0) is 25.8 Å². The average Bonchev–Trinajstić information content (AvgIpc) is 2.38. The van der Waals surface area contributed by atoms with Gasteiger partial charge < -0.3 is 10.4 Å². The summed E-state index contributed by atoms with van der Waals surface area (Å²) in [4.78, 5) is 21.2. The lowest BCUT2D eigenvalue weighted by Gasteiger charge is -2.15. The van der Waals surface area contributed by atoms with Crippen molar-refractivity contribution in [3.63, 3.8) is 0 Å². The number of hydrogen-bond acceptors (Lipinski definition) is 4. The Hall–Kier alpha value is -2.11. The molecule has 0 saturated heterocycles. The Morgan fingerprint density at radius 1 is 1.35 bits per heavy atom. The lowest BCUT2D eigenvalue weighted by Crippen LogP contribution is -2.17. The first-order valence-corrected chi connectivity index (χ1v) is 6.64. The van der Waals surface area contributed by atoms with E-state index in [9.17, 15) is 14.9 Å². The molecule has 0 fully saturated rings. The van der Waals surface area contributed by atoms with E-state index in [0.717, 1.165) is 12.8 Å². The molecular formula is C14H20N2O4. The number of aliphatic carboxylic acids is 1. The lowest BCUT2D eigenvalue weighted by atomic mass is 10.0. The zero-order valence-electron chi connectivity index (χ0n) is 11.7. The molecule has 1 rings (SSSR count). The largest absolute Gasteiger partial charge is 0.481 e. The number of rotatable bonds is 8. The second kappa shape index (κ2) is 7.47. The van der Waals surface area contributed by atoms with E-state index < -0.39 is 10.9 Å². The van der Waals surface area contributed by atoms with E-state index in [1.807, 2.05) is 6.92 Å². The number of para-hydroxylation sites is 2.